The zero-order valence-corrected chi connectivity index (χ0v) is 12.9. The molecular weight excluding hydrogens is 234 g/mol. The zero-order valence-electron chi connectivity index (χ0n) is 12.9. The molecule has 2 nitrogen and oxygen atoms in total. The predicted octanol–water partition coefficient (Wildman–Crippen LogP) is 4.07. The van der Waals surface area contributed by atoms with E-state index >= 15 is 0 Å². The summed E-state index contributed by atoms with van der Waals surface area (Å²) in [6.07, 6.45) is 4.25. The molecule has 0 bridgehead atoms. The number of unbranched alkanes of at least 4 members (excludes halogenated alkanes) is 2. The SMILES string of the molecule is CCCCCC(O)CN(CC)c1cccc(C)c1C. The average Bonchev–Trinajstić information content (AvgIpc) is 2.40. The van der Waals surface area contributed by atoms with Crippen LogP contribution >= 0.6 is 0 Å². The second-order valence-electron chi connectivity index (χ2n) is 5.41. The van der Waals surface area contributed by atoms with E-state index in [1.165, 1.54) is 29.7 Å². The van der Waals surface area contributed by atoms with Crippen LogP contribution in [0, 0.1) is 13.8 Å². The lowest BCUT2D eigenvalue weighted by atomic mass is 10.1. The third-order valence-corrected chi connectivity index (χ3v) is 3.87. The Kier molecular flexibility index (Phi) is 6.93. The highest BCUT2D eigenvalue weighted by molar-refractivity contribution is 5.55. The number of aryl methyl sites for hydroxylation is 1. The van der Waals surface area contributed by atoms with Gasteiger partial charge < -0.3 is 10.0 Å². The molecule has 1 aromatic rings. The van der Waals surface area contributed by atoms with Crippen LogP contribution in [0.3, 0.4) is 0 Å². The summed E-state index contributed by atoms with van der Waals surface area (Å²) < 4.78 is 0. The van der Waals surface area contributed by atoms with Gasteiger partial charge in [0, 0.05) is 18.8 Å². The predicted molar refractivity (Wildman–Crippen MR) is 84.0 cm³/mol. The van der Waals surface area contributed by atoms with Crippen LogP contribution in [-0.2, 0) is 0 Å². The van der Waals surface area contributed by atoms with Gasteiger partial charge in [-0.3, -0.25) is 0 Å². The molecule has 0 aliphatic heterocycles. The van der Waals surface area contributed by atoms with Gasteiger partial charge in [0.25, 0.3) is 0 Å². The van der Waals surface area contributed by atoms with E-state index < -0.39 is 0 Å². The van der Waals surface area contributed by atoms with E-state index in [9.17, 15) is 5.11 Å². The van der Waals surface area contributed by atoms with Crippen LogP contribution in [0.1, 0.15) is 50.7 Å². The minimum absolute atomic E-state index is 0.216. The first-order valence-electron chi connectivity index (χ1n) is 7.59. The normalized spacial score (nSPS) is 12.5. The number of anilines is 1. The minimum Gasteiger partial charge on any atom is -0.391 e. The maximum atomic E-state index is 10.2. The van der Waals surface area contributed by atoms with Crippen LogP contribution in [-0.4, -0.2) is 24.3 Å². The Morgan fingerprint density at radius 2 is 1.89 bits per heavy atom. The lowest BCUT2D eigenvalue weighted by molar-refractivity contribution is 0.166. The number of aliphatic hydroxyl groups is 1. The van der Waals surface area contributed by atoms with Crippen molar-refractivity contribution >= 4 is 5.69 Å². The Hall–Kier alpha value is -1.02. The monoisotopic (exact) mass is 263 g/mol. The van der Waals surface area contributed by atoms with Crippen molar-refractivity contribution in [1.29, 1.82) is 0 Å². The topological polar surface area (TPSA) is 23.5 Å². The molecule has 0 aromatic heterocycles. The maximum Gasteiger partial charge on any atom is 0.0715 e. The summed E-state index contributed by atoms with van der Waals surface area (Å²) in [5.41, 5.74) is 3.90. The number of hydrogen-bond acceptors (Lipinski definition) is 2. The summed E-state index contributed by atoms with van der Waals surface area (Å²) in [5.74, 6) is 0. The molecular formula is C17H29NO. The van der Waals surface area contributed by atoms with Crippen molar-refractivity contribution in [2.75, 3.05) is 18.0 Å². The van der Waals surface area contributed by atoms with Crippen molar-refractivity contribution in [2.45, 2.75) is 59.5 Å². The van der Waals surface area contributed by atoms with Crippen LogP contribution in [0.5, 0.6) is 0 Å². The molecule has 1 atom stereocenters. The summed E-state index contributed by atoms with van der Waals surface area (Å²) >= 11 is 0. The molecule has 0 amide bonds. The van der Waals surface area contributed by atoms with Crippen molar-refractivity contribution in [2.24, 2.45) is 0 Å². The molecule has 0 aliphatic rings. The van der Waals surface area contributed by atoms with Gasteiger partial charge in [0.2, 0.25) is 0 Å². The summed E-state index contributed by atoms with van der Waals surface area (Å²) in [6, 6.07) is 6.40. The van der Waals surface area contributed by atoms with Gasteiger partial charge in [-0.05, 0) is 44.4 Å². The Labute approximate surface area is 118 Å². The molecule has 1 unspecified atom stereocenters. The van der Waals surface area contributed by atoms with Crippen molar-refractivity contribution in [3.63, 3.8) is 0 Å². The fraction of sp³-hybridized carbons (Fsp3) is 0.647. The molecule has 1 rings (SSSR count). The molecule has 0 saturated carbocycles. The van der Waals surface area contributed by atoms with Crippen LogP contribution in [0.25, 0.3) is 0 Å². The second kappa shape index (κ2) is 8.21. The van der Waals surface area contributed by atoms with E-state index in [1.54, 1.807) is 0 Å². The van der Waals surface area contributed by atoms with Crippen LogP contribution in [0.2, 0.25) is 0 Å². The lowest BCUT2D eigenvalue weighted by Crippen LogP contribution is -2.32. The van der Waals surface area contributed by atoms with Crippen molar-refractivity contribution in [3.8, 4) is 0 Å². The first kappa shape index (κ1) is 16.0. The van der Waals surface area contributed by atoms with Gasteiger partial charge in [-0.15, -0.1) is 0 Å². The van der Waals surface area contributed by atoms with Gasteiger partial charge in [-0.2, -0.15) is 0 Å². The van der Waals surface area contributed by atoms with Gasteiger partial charge in [-0.1, -0.05) is 38.3 Å². The Bertz CT molecular complexity index is 376. The number of rotatable bonds is 8. The van der Waals surface area contributed by atoms with Gasteiger partial charge in [0.1, 0.15) is 0 Å². The fourth-order valence-electron chi connectivity index (χ4n) is 2.45. The molecule has 0 aliphatic carbocycles. The third-order valence-electron chi connectivity index (χ3n) is 3.87. The average molecular weight is 263 g/mol. The van der Waals surface area contributed by atoms with Crippen molar-refractivity contribution < 1.29 is 5.11 Å². The van der Waals surface area contributed by atoms with E-state index in [0.29, 0.717) is 0 Å². The molecule has 1 N–H and O–H groups in total. The largest absolute Gasteiger partial charge is 0.391 e. The summed E-state index contributed by atoms with van der Waals surface area (Å²) in [6.45, 7) is 10.3. The van der Waals surface area contributed by atoms with Gasteiger partial charge in [0.05, 0.1) is 6.10 Å². The van der Waals surface area contributed by atoms with E-state index in [4.69, 9.17) is 0 Å². The van der Waals surface area contributed by atoms with Gasteiger partial charge in [-0.25, -0.2) is 0 Å². The highest BCUT2D eigenvalue weighted by atomic mass is 16.3. The van der Waals surface area contributed by atoms with Crippen molar-refractivity contribution in [3.05, 3.63) is 29.3 Å². The van der Waals surface area contributed by atoms with Gasteiger partial charge >= 0.3 is 0 Å². The zero-order chi connectivity index (χ0) is 14.3. The summed E-state index contributed by atoms with van der Waals surface area (Å²) in [5, 5.41) is 10.2. The highest BCUT2D eigenvalue weighted by Crippen LogP contribution is 2.23. The lowest BCUT2D eigenvalue weighted by Gasteiger charge is -2.28. The van der Waals surface area contributed by atoms with Crippen LogP contribution in [0.4, 0.5) is 5.69 Å². The molecule has 2 heteroatoms. The van der Waals surface area contributed by atoms with Crippen LogP contribution in [0.15, 0.2) is 18.2 Å². The quantitative estimate of drug-likeness (QED) is 0.715. The smallest absolute Gasteiger partial charge is 0.0715 e. The number of nitrogens with zero attached hydrogens (tertiary/aromatic N) is 1. The van der Waals surface area contributed by atoms with E-state index in [-0.39, 0.29) is 6.10 Å². The highest BCUT2D eigenvalue weighted by Gasteiger charge is 2.13. The maximum absolute atomic E-state index is 10.2. The minimum atomic E-state index is -0.216. The number of aliphatic hydroxyl groups excluding tert-OH is 1. The van der Waals surface area contributed by atoms with E-state index in [1.807, 2.05) is 0 Å². The number of likely N-dealkylation sites (N-methyl/N-ethyl adjacent to an activating group) is 1. The first-order valence-corrected chi connectivity index (χ1v) is 7.59. The van der Waals surface area contributed by atoms with Crippen molar-refractivity contribution in [1.82, 2.24) is 0 Å². The Balaban J connectivity index is 2.64. The van der Waals surface area contributed by atoms with Gasteiger partial charge in [0.15, 0.2) is 0 Å². The fourth-order valence-corrected chi connectivity index (χ4v) is 2.45. The van der Waals surface area contributed by atoms with E-state index in [0.717, 1.165) is 25.9 Å². The Morgan fingerprint density at radius 1 is 1.16 bits per heavy atom. The van der Waals surface area contributed by atoms with Crippen LogP contribution < -0.4 is 4.90 Å². The molecule has 0 heterocycles. The molecule has 19 heavy (non-hydrogen) atoms. The summed E-state index contributed by atoms with van der Waals surface area (Å²) in [4.78, 5) is 2.29. The number of benzene rings is 1. The molecule has 1 aromatic carbocycles. The third kappa shape index (κ3) is 4.87. The molecule has 0 spiro atoms. The summed E-state index contributed by atoms with van der Waals surface area (Å²) in [7, 11) is 0. The standard InChI is InChI=1S/C17H29NO/c1-5-7-8-11-16(19)13-18(6-2)17-12-9-10-14(3)15(17)4/h9-10,12,16,19H,5-8,11,13H2,1-4H3. The Morgan fingerprint density at radius 3 is 2.53 bits per heavy atom. The first-order chi connectivity index (χ1) is 9.10. The molecule has 108 valence electrons. The second-order valence-corrected chi connectivity index (χ2v) is 5.41. The molecule has 0 fully saturated rings. The van der Waals surface area contributed by atoms with E-state index in [2.05, 4.69) is 50.8 Å². The molecule has 0 saturated heterocycles. The number of hydrogen-bond donors (Lipinski definition) is 1. The molecule has 0 radical (unpaired) electrons.